The van der Waals surface area contributed by atoms with Crippen LogP contribution in [0.3, 0.4) is 0 Å². The van der Waals surface area contributed by atoms with Crippen molar-refractivity contribution in [1.29, 1.82) is 0 Å². The van der Waals surface area contributed by atoms with Crippen LogP contribution in [0.5, 0.6) is 0 Å². The van der Waals surface area contributed by atoms with Gasteiger partial charge in [0.05, 0.1) is 6.54 Å². The second kappa shape index (κ2) is 5.75. The number of aromatic nitrogens is 1. The molecule has 1 aromatic rings. The lowest BCUT2D eigenvalue weighted by atomic mass is 10.3. The second-order valence-electron chi connectivity index (χ2n) is 4.55. The molecule has 0 radical (unpaired) electrons. The standard InChI is InChI=1S/C13H22N4/c1-3-14-13(17-7-4-5-8-17)15-10-12-6-9-16(2)11-12/h6,9,11H,3-5,7-8,10H2,1-2H3,(H,14,15). The SMILES string of the molecule is CCNC(=NCc1ccn(C)c1)N1CCCC1. The van der Waals surface area contributed by atoms with Crippen molar-refractivity contribution in [1.82, 2.24) is 14.8 Å². The van der Waals surface area contributed by atoms with Gasteiger partial charge in [-0.3, -0.25) is 0 Å². The van der Waals surface area contributed by atoms with E-state index in [4.69, 9.17) is 4.99 Å². The molecule has 0 spiro atoms. The largest absolute Gasteiger partial charge is 0.357 e. The first-order valence-electron chi connectivity index (χ1n) is 6.43. The van der Waals surface area contributed by atoms with Gasteiger partial charge in [-0.15, -0.1) is 0 Å². The summed E-state index contributed by atoms with van der Waals surface area (Å²) in [4.78, 5) is 7.05. The maximum absolute atomic E-state index is 4.70. The number of hydrogen-bond acceptors (Lipinski definition) is 1. The van der Waals surface area contributed by atoms with E-state index in [1.165, 1.54) is 18.4 Å². The molecule has 2 rings (SSSR count). The van der Waals surface area contributed by atoms with Crippen LogP contribution in [0, 0.1) is 0 Å². The fourth-order valence-corrected chi connectivity index (χ4v) is 2.18. The van der Waals surface area contributed by atoms with E-state index in [1.807, 2.05) is 7.05 Å². The second-order valence-corrected chi connectivity index (χ2v) is 4.55. The summed E-state index contributed by atoms with van der Waals surface area (Å²) in [6.45, 7) is 6.10. The summed E-state index contributed by atoms with van der Waals surface area (Å²) < 4.78 is 2.06. The molecule has 1 aliphatic rings. The molecule has 1 aliphatic heterocycles. The zero-order valence-electron chi connectivity index (χ0n) is 10.8. The Morgan fingerprint density at radius 2 is 2.18 bits per heavy atom. The molecule has 0 bridgehead atoms. The molecular weight excluding hydrogens is 212 g/mol. The molecule has 94 valence electrons. The van der Waals surface area contributed by atoms with E-state index in [1.54, 1.807) is 0 Å². The minimum Gasteiger partial charge on any atom is -0.357 e. The van der Waals surface area contributed by atoms with Crippen molar-refractivity contribution in [2.24, 2.45) is 12.0 Å². The molecule has 0 atom stereocenters. The first-order valence-corrected chi connectivity index (χ1v) is 6.43. The summed E-state index contributed by atoms with van der Waals surface area (Å²) >= 11 is 0. The summed E-state index contributed by atoms with van der Waals surface area (Å²) in [5.74, 6) is 1.06. The number of nitrogens with one attached hydrogen (secondary N) is 1. The van der Waals surface area contributed by atoms with Crippen molar-refractivity contribution in [3.05, 3.63) is 24.0 Å². The van der Waals surface area contributed by atoms with Gasteiger partial charge in [0.25, 0.3) is 0 Å². The molecule has 1 saturated heterocycles. The van der Waals surface area contributed by atoms with E-state index in [9.17, 15) is 0 Å². The summed E-state index contributed by atoms with van der Waals surface area (Å²) in [5.41, 5.74) is 1.27. The first kappa shape index (κ1) is 12.0. The van der Waals surface area contributed by atoms with Crippen molar-refractivity contribution in [3.8, 4) is 0 Å². The highest BCUT2D eigenvalue weighted by atomic mass is 15.3. The molecule has 0 aromatic carbocycles. The maximum atomic E-state index is 4.70. The molecule has 1 N–H and O–H groups in total. The van der Waals surface area contributed by atoms with Gasteiger partial charge in [0.1, 0.15) is 0 Å². The number of aliphatic imine (C=N–C) groups is 1. The third kappa shape index (κ3) is 3.25. The minimum absolute atomic E-state index is 0.764. The Hall–Kier alpha value is -1.45. The van der Waals surface area contributed by atoms with Crippen LogP contribution < -0.4 is 5.32 Å². The minimum atomic E-state index is 0.764. The Kier molecular flexibility index (Phi) is 4.07. The number of rotatable bonds is 3. The number of nitrogens with zero attached hydrogens (tertiary/aromatic N) is 3. The highest BCUT2D eigenvalue weighted by molar-refractivity contribution is 5.80. The molecule has 0 unspecified atom stereocenters. The van der Waals surface area contributed by atoms with Crippen LogP contribution >= 0.6 is 0 Å². The van der Waals surface area contributed by atoms with Gasteiger partial charge in [-0.2, -0.15) is 0 Å². The van der Waals surface area contributed by atoms with E-state index < -0.39 is 0 Å². The van der Waals surface area contributed by atoms with E-state index in [0.29, 0.717) is 0 Å². The van der Waals surface area contributed by atoms with Gasteiger partial charge in [-0.1, -0.05) is 0 Å². The highest BCUT2D eigenvalue weighted by Gasteiger charge is 2.15. The van der Waals surface area contributed by atoms with Crippen LogP contribution in [-0.4, -0.2) is 35.1 Å². The van der Waals surface area contributed by atoms with E-state index in [2.05, 4.69) is 40.2 Å². The Morgan fingerprint density at radius 3 is 2.76 bits per heavy atom. The molecular formula is C13H22N4. The average molecular weight is 234 g/mol. The van der Waals surface area contributed by atoms with Crippen molar-refractivity contribution in [2.45, 2.75) is 26.3 Å². The van der Waals surface area contributed by atoms with E-state index in [0.717, 1.165) is 32.1 Å². The summed E-state index contributed by atoms with van der Waals surface area (Å²) in [5, 5.41) is 3.37. The summed E-state index contributed by atoms with van der Waals surface area (Å²) in [6, 6.07) is 2.12. The summed E-state index contributed by atoms with van der Waals surface area (Å²) in [6.07, 6.45) is 6.76. The van der Waals surface area contributed by atoms with Gasteiger partial charge in [0.2, 0.25) is 0 Å². The average Bonchev–Trinajstić information content (AvgIpc) is 2.95. The Balaban J connectivity index is 1.99. The molecule has 4 nitrogen and oxygen atoms in total. The molecule has 0 aliphatic carbocycles. The Morgan fingerprint density at radius 1 is 1.41 bits per heavy atom. The van der Waals surface area contributed by atoms with Gasteiger partial charge in [-0.25, -0.2) is 4.99 Å². The fourth-order valence-electron chi connectivity index (χ4n) is 2.18. The molecule has 4 heteroatoms. The third-order valence-electron chi connectivity index (χ3n) is 3.05. The van der Waals surface area contributed by atoms with E-state index >= 15 is 0 Å². The molecule has 2 heterocycles. The zero-order chi connectivity index (χ0) is 12.1. The maximum Gasteiger partial charge on any atom is 0.194 e. The van der Waals surface area contributed by atoms with Gasteiger partial charge < -0.3 is 14.8 Å². The van der Waals surface area contributed by atoms with Gasteiger partial charge in [0, 0.05) is 39.1 Å². The highest BCUT2D eigenvalue weighted by Crippen LogP contribution is 2.08. The lowest BCUT2D eigenvalue weighted by molar-refractivity contribution is 0.493. The van der Waals surface area contributed by atoms with Gasteiger partial charge in [0.15, 0.2) is 5.96 Å². The van der Waals surface area contributed by atoms with Crippen molar-refractivity contribution >= 4 is 5.96 Å². The molecule has 1 fully saturated rings. The monoisotopic (exact) mass is 234 g/mol. The van der Waals surface area contributed by atoms with E-state index in [-0.39, 0.29) is 0 Å². The predicted octanol–water partition coefficient (Wildman–Crippen LogP) is 1.59. The predicted molar refractivity (Wildman–Crippen MR) is 71.0 cm³/mol. The van der Waals surface area contributed by atoms with Crippen LogP contribution in [0.1, 0.15) is 25.3 Å². The quantitative estimate of drug-likeness (QED) is 0.636. The van der Waals surface area contributed by atoms with Gasteiger partial charge >= 0.3 is 0 Å². The topological polar surface area (TPSA) is 32.6 Å². The Bertz CT molecular complexity index is 375. The van der Waals surface area contributed by atoms with Crippen molar-refractivity contribution < 1.29 is 0 Å². The first-order chi connectivity index (χ1) is 8.29. The van der Waals surface area contributed by atoms with Crippen LogP contribution in [0.15, 0.2) is 23.5 Å². The van der Waals surface area contributed by atoms with Crippen LogP contribution in [0.2, 0.25) is 0 Å². The molecule has 0 amide bonds. The smallest absolute Gasteiger partial charge is 0.194 e. The Labute approximate surface area is 103 Å². The normalized spacial score (nSPS) is 16.6. The number of likely N-dealkylation sites (tertiary alicyclic amines) is 1. The fraction of sp³-hybridized carbons (Fsp3) is 0.615. The number of guanidine groups is 1. The van der Waals surface area contributed by atoms with Gasteiger partial charge in [-0.05, 0) is 31.4 Å². The van der Waals surface area contributed by atoms with Crippen LogP contribution in [0.25, 0.3) is 0 Å². The molecule has 0 saturated carbocycles. The zero-order valence-corrected chi connectivity index (χ0v) is 10.8. The van der Waals surface area contributed by atoms with Crippen molar-refractivity contribution in [3.63, 3.8) is 0 Å². The lowest BCUT2D eigenvalue weighted by Crippen LogP contribution is -2.39. The van der Waals surface area contributed by atoms with Crippen LogP contribution in [0.4, 0.5) is 0 Å². The molecule has 17 heavy (non-hydrogen) atoms. The van der Waals surface area contributed by atoms with Crippen molar-refractivity contribution in [2.75, 3.05) is 19.6 Å². The third-order valence-corrected chi connectivity index (χ3v) is 3.05. The number of aryl methyl sites for hydroxylation is 1. The summed E-state index contributed by atoms with van der Waals surface area (Å²) in [7, 11) is 2.04. The lowest BCUT2D eigenvalue weighted by Gasteiger charge is -2.20. The molecule has 1 aromatic heterocycles. The van der Waals surface area contributed by atoms with Crippen LogP contribution in [-0.2, 0) is 13.6 Å². The number of hydrogen-bond donors (Lipinski definition) is 1.